The minimum absolute atomic E-state index is 0.126. The van der Waals surface area contributed by atoms with Crippen molar-refractivity contribution in [1.29, 1.82) is 0 Å². The van der Waals surface area contributed by atoms with E-state index in [1.54, 1.807) is 24.3 Å². The molecule has 0 N–H and O–H groups in total. The third kappa shape index (κ3) is 5.49. The lowest BCUT2D eigenvalue weighted by atomic mass is 9.81. The lowest BCUT2D eigenvalue weighted by Crippen LogP contribution is -2.28. The zero-order valence-electron chi connectivity index (χ0n) is 23.5. The van der Waals surface area contributed by atoms with Crippen molar-refractivity contribution in [3.05, 3.63) is 107 Å². The number of benzene rings is 2. The van der Waals surface area contributed by atoms with Crippen LogP contribution in [0.15, 0.2) is 94.3 Å². The number of hydrogen-bond donors (Lipinski definition) is 0. The van der Waals surface area contributed by atoms with Gasteiger partial charge in [-0.3, -0.25) is 0 Å². The van der Waals surface area contributed by atoms with Crippen LogP contribution in [0.3, 0.4) is 0 Å². The summed E-state index contributed by atoms with van der Waals surface area (Å²) >= 11 is 0. The van der Waals surface area contributed by atoms with Gasteiger partial charge in [0.05, 0.1) is 21.8 Å². The highest BCUT2D eigenvalue weighted by atomic mass is 32.2. The van der Waals surface area contributed by atoms with Crippen LogP contribution in [0.5, 0.6) is 11.5 Å². The van der Waals surface area contributed by atoms with E-state index in [4.69, 9.17) is 13.9 Å². The van der Waals surface area contributed by atoms with Gasteiger partial charge in [-0.25, -0.2) is 13.2 Å². The maximum atomic E-state index is 12.3. The van der Waals surface area contributed by atoms with E-state index in [0.717, 1.165) is 46.7 Å². The molecule has 8 nitrogen and oxygen atoms in total. The molecule has 0 atom stereocenters. The lowest BCUT2D eigenvalue weighted by molar-refractivity contribution is -0.438. The van der Waals surface area contributed by atoms with Crippen LogP contribution in [-0.4, -0.2) is 41.5 Å². The molecular formula is C33H31NO7S. The van der Waals surface area contributed by atoms with Crippen LogP contribution in [0.2, 0.25) is 0 Å². The molecule has 0 spiro atoms. The standard InChI is InChI=1S/C33H31NO7S/c1-33(2)26-8-3-4-9-27(26)34(17-5-6-19-42(36,37)38)30(33)16-14-22-11-12-24-20-23-13-15-25(21-29(23)41-31(22)24)40-32(35)28-10-7-18-39-28/h3-4,7-10,13-16,18,20-21H,5-6,11-12,17,19H2,1-2H3/b16-14+. The van der Waals surface area contributed by atoms with Crippen molar-refractivity contribution >= 4 is 33.6 Å². The van der Waals surface area contributed by atoms with Crippen LogP contribution in [-0.2, 0) is 15.5 Å². The number of carbonyl (C=O) groups excluding carboxylic acids is 1. The summed E-state index contributed by atoms with van der Waals surface area (Å²) in [4.78, 5) is 12.3. The molecule has 0 radical (unpaired) electrons. The van der Waals surface area contributed by atoms with Crippen molar-refractivity contribution in [3.63, 3.8) is 0 Å². The first kappa shape index (κ1) is 27.9. The smallest absolute Gasteiger partial charge is 0.379 e. The normalized spacial score (nSPS) is 17.2. The second-order valence-corrected chi connectivity index (χ2v) is 12.7. The van der Waals surface area contributed by atoms with Crippen LogP contribution in [0.1, 0.15) is 61.2 Å². The van der Waals surface area contributed by atoms with E-state index < -0.39 is 16.1 Å². The molecule has 0 saturated heterocycles. The highest BCUT2D eigenvalue weighted by molar-refractivity contribution is 7.85. The number of allylic oxidation sites excluding steroid dienone is 4. The predicted molar refractivity (Wildman–Crippen MR) is 157 cm³/mol. The number of furan rings is 1. The van der Waals surface area contributed by atoms with Crippen LogP contribution in [0.4, 0.5) is 5.69 Å². The molecule has 0 amide bonds. The number of esters is 1. The van der Waals surface area contributed by atoms with Crippen LogP contribution in [0, 0.1) is 0 Å². The minimum atomic E-state index is -4.23. The number of rotatable bonds is 9. The van der Waals surface area contributed by atoms with Gasteiger partial charge in [0.1, 0.15) is 23.8 Å². The van der Waals surface area contributed by atoms with Crippen LogP contribution < -0.4 is 9.47 Å². The van der Waals surface area contributed by atoms with Crippen molar-refractivity contribution < 1.29 is 36.2 Å². The van der Waals surface area contributed by atoms with Crippen LogP contribution in [0.25, 0.3) is 6.08 Å². The van der Waals surface area contributed by atoms with Gasteiger partial charge in [-0.05, 0) is 80.7 Å². The summed E-state index contributed by atoms with van der Waals surface area (Å²) in [5.74, 6) is 0.985. The Morgan fingerprint density at radius 3 is 2.69 bits per heavy atom. The van der Waals surface area contributed by atoms with Crippen molar-refractivity contribution in [2.24, 2.45) is 0 Å². The van der Waals surface area contributed by atoms with Gasteiger partial charge in [-0.15, -0.1) is 0 Å². The van der Waals surface area contributed by atoms with Crippen molar-refractivity contribution in [2.45, 2.75) is 44.9 Å². The average molecular weight is 586 g/mol. The van der Waals surface area contributed by atoms with E-state index >= 15 is 0 Å². The minimum Gasteiger partial charge on any atom is -0.748 e. The molecule has 1 aromatic heterocycles. The molecule has 2 aliphatic heterocycles. The van der Waals surface area contributed by atoms with Gasteiger partial charge in [0.15, 0.2) is 5.71 Å². The second-order valence-electron chi connectivity index (χ2n) is 11.2. The summed E-state index contributed by atoms with van der Waals surface area (Å²) in [5, 5.41) is 0. The molecule has 6 rings (SSSR count). The van der Waals surface area contributed by atoms with E-state index in [0.29, 0.717) is 30.9 Å². The maximum absolute atomic E-state index is 12.3. The Morgan fingerprint density at radius 1 is 1.07 bits per heavy atom. The Bertz CT molecular complexity index is 1790. The van der Waals surface area contributed by atoms with Crippen molar-refractivity contribution in [3.8, 4) is 11.5 Å². The Labute approximate surface area is 245 Å². The quantitative estimate of drug-likeness (QED) is 0.0956. The van der Waals surface area contributed by atoms with Gasteiger partial charge in [-0.1, -0.05) is 18.2 Å². The molecule has 216 valence electrons. The second kappa shape index (κ2) is 10.9. The van der Waals surface area contributed by atoms with E-state index in [9.17, 15) is 17.8 Å². The molecule has 3 heterocycles. The van der Waals surface area contributed by atoms with Gasteiger partial charge in [-0.2, -0.15) is 4.58 Å². The number of unbranched alkanes of at least 4 members (excludes halogenated alkanes) is 1. The molecule has 9 heteroatoms. The molecular weight excluding hydrogens is 554 g/mol. The first-order valence-electron chi connectivity index (χ1n) is 14.0. The monoisotopic (exact) mass is 585 g/mol. The molecule has 0 unspecified atom stereocenters. The number of hydrogen-bond acceptors (Lipinski definition) is 7. The molecule has 0 saturated carbocycles. The Morgan fingerprint density at radius 2 is 1.90 bits per heavy atom. The summed E-state index contributed by atoms with van der Waals surface area (Å²) in [6.45, 7) is 4.98. The number of fused-ring (bicyclic) bond motifs is 3. The topological polar surface area (TPSA) is 109 Å². The first-order valence-corrected chi connectivity index (χ1v) is 15.6. The number of carbonyl (C=O) groups is 1. The number of nitrogens with zero attached hydrogens (tertiary/aromatic N) is 1. The van der Waals surface area contributed by atoms with E-state index in [2.05, 4.69) is 48.8 Å². The molecule has 1 aliphatic carbocycles. The molecule has 0 fully saturated rings. The summed E-state index contributed by atoms with van der Waals surface area (Å²) in [5.41, 5.74) is 6.24. The van der Waals surface area contributed by atoms with Crippen LogP contribution >= 0.6 is 0 Å². The zero-order chi connectivity index (χ0) is 29.5. The molecule has 0 bridgehead atoms. The average Bonchev–Trinajstić information content (AvgIpc) is 3.67. The summed E-state index contributed by atoms with van der Waals surface area (Å²) in [7, 11) is -4.23. The van der Waals surface area contributed by atoms with Gasteiger partial charge in [0.25, 0.3) is 0 Å². The highest BCUT2D eigenvalue weighted by Gasteiger charge is 2.44. The zero-order valence-corrected chi connectivity index (χ0v) is 24.3. The van der Waals surface area contributed by atoms with Crippen molar-refractivity contribution in [1.82, 2.24) is 0 Å². The molecule has 2 aromatic carbocycles. The maximum Gasteiger partial charge on any atom is 0.379 e. The summed E-state index contributed by atoms with van der Waals surface area (Å²) in [6.07, 6.45) is 10.4. The Balaban J connectivity index is 1.27. The third-order valence-electron chi connectivity index (χ3n) is 7.97. The lowest BCUT2D eigenvalue weighted by Gasteiger charge is -2.19. The Hall–Kier alpha value is -4.21. The Kier molecular flexibility index (Phi) is 7.24. The van der Waals surface area contributed by atoms with E-state index in [-0.39, 0.29) is 16.9 Å². The molecule has 3 aromatic rings. The third-order valence-corrected chi connectivity index (χ3v) is 8.76. The SMILES string of the molecule is CC1(C)C(/C=C/C2=C3Oc4cc(OC(=O)c5ccco5)ccc4C=C3CC2)=[N+](CCCCS(=O)(=O)[O-])c2ccccc21. The van der Waals surface area contributed by atoms with Gasteiger partial charge >= 0.3 is 5.97 Å². The van der Waals surface area contributed by atoms with Gasteiger partial charge in [0, 0.05) is 41.5 Å². The van der Waals surface area contributed by atoms with Crippen molar-refractivity contribution in [2.75, 3.05) is 12.3 Å². The number of para-hydroxylation sites is 1. The fraction of sp³-hybridized carbons (Fsp3) is 0.273. The van der Waals surface area contributed by atoms with E-state index in [1.165, 1.54) is 11.8 Å². The largest absolute Gasteiger partial charge is 0.748 e. The molecule has 3 aliphatic rings. The summed E-state index contributed by atoms with van der Waals surface area (Å²) < 4.78 is 52.6. The first-order chi connectivity index (χ1) is 20.1. The predicted octanol–water partition coefficient (Wildman–Crippen LogP) is 6.28. The highest BCUT2D eigenvalue weighted by Crippen LogP contribution is 2.43. The van der Waals surface area contributed by atoms with E-state index in [1.807, 2.05) is 18.2 Å². The fourth-order valence-electron chi connectivity index (χ4n) is 5.88. The summed E-state index contributed by atoms with van der Waals surface area (Å²) in [6, 6.07) is 16.7. The molecule has 42 heavy (non-hydrogen) atoms. The van der Waals surface area contributed by atoms with Gasteiger partial charge < -0.3 is 18.4 Å². The van der Waals surface area contributed by atoms with Gasteiger partial charge in [0.2, 0.25) is 11.4 Å². The number of ether oxygens (including phenoxy) is 2. The fourth-order valence-corrected chi connectivity index (χ4v) is 6.43.